The Morgan fingerprint density at radius 1 is 1.50 bits per heavy atom. The van der Waals surface area contributed by atoms with Crippen molar-refractivity contribution in [3.05, 3.63) is 11.9 Å². The highest BCUT2D eigenvalue weighted by molar-refractivity contribution is 4.95. The molecule has 0 aliphatic heterocycles. The minimum atomic E-state index is 0.424. The second-order valence-electron chi connectivity index (χ2n) is 3.83. The summed E-state index contributed by atoms with van der Waals surface area (Å²) in [6.07, 6.45) is 3.89. The van der Waals surface area contributed by atoms with Gasteiger partial charge in [0.15, 0.2) is 0 Å². The Labute approximate surface area is 97.2 Å². The summed E-state index contributed by atoms with van der Waals surface area (Å²) in [5.74, 6) is 0. The van der Waals surface area contributed by atoms with Gasteiger partial charge in [0.05, 0.1) is 5.69 Å². The molecule has 1 atom stereocenters. The lowest BCUT2D eigenvalue weighted by molar-refractivity contribution is 0.136. The summed E-state index contributed by atoms with van der Waals surface area (Å²) >= 11 is 0. The van der Waals surface area contributed by atoms with Gasteiger partial charge >= 0.3 is 0 Å². The predicted octanol–water partition coefficient (Wildman–Crippen LogP) is 0.762. The zero-order chi connectivity index (χ0) is 11.8. The van der Waals surface area contributed by atoms with Crippen LogP contribution in [0.15, 0.2) is 6.20 Å². The fourth-order valence-corrected chi connectivity index (χ4v) is 1.68. The Hall–Kier alpha value is -0.940. The normalized spacial score (nSPS) is 12.9. The molecule has 1 aromatic heterocycles. The molecular weight excluding hydrogens is 204 g/mol. The van der Waals surface area contributed by atoms with E-state index in [1.807, 2.05) is 20.2 Å². The molecule has 0 aromatic carbocycles. The molecule has 0 saturated carbocycles. The molecule has 0 amide bonds. The summed E-state index contributed by atoms with van der Waals surface area (Å²) in [4.78, 5) is 0. The smallest absolute Gasteiger partial charge is 0.0842 e. The van der Waals surface area contributed by atoms with Gasteiger partial charge in [-0.3, -0.25) is 4.68 Å². The van der Waals surface area contributed by atoms with Crippen molar-refractivity contribution in [1.82, 2.24) is 20.3 Å². The lowest BCUT2D eigenvalue weighted by Crippen LogP contribution is -2.32. The van der Waals surface area contributed by atoms with E-state index < -0.39 is 0 Å². The number of rotatable bonds is 8. The van der Waals surface area contributed by atoms with Crippen LogP contribution in [-0.2, 0) is 18.2 Å². The zero-order valence-electron chi connectivity index (χ0n) is 10.4. The molecule has 1 unspecified atom stereocenters. The summed E-state index contributed by atoms with van der Waals surface area (Å²) in [6.45, 7) is 6.69. The summed E-state index contributed by atoms with van der Waals surface area (Å²) in [5, 5.41) is 11.5. The van der Waals surface area contributed by atoms with Gasteiger partial charge in [0.25, 0.3) is 0 Å². The molecule has 0 radical (unpaired) electrons. The number of likely N-dealkylation sites (N-methyl/N-ethyl adjacent to an activating group) is 1. The topological polar surface area (TPSA) is 52.0 Å². The molecule has 0 spiro atoms. The zero-order valence-corrected chi connectivity index (χ0v) is 10.4. The van der Waals surface area contributed by atoms with Crippen LogP contribution in [0.25, 0.3) is 0 Å². The fourth-order valence-electron chi connectivity index (χ4n) is 1.68. The minimum absolute atomic E-state index is 0.424. The van der Waals surface area contributed by atoms with Crippen LogP contribution in [0.4, 0.5) is 0 Å². The maximum Gasteiger partial charge on any atom is 0.0842 e. The Bertz CT molecular complexity index is 287. The van der Waals surface area contributed by atoms with Gasteiger partial charge in [0.1, 0.15) is 0 Å². The summed E-state index contributed by atoms with van der Waals surface area (Å²) in [5.41, 5.74) is 1.03. The molecule has 1 heterocycles. The summed E-state index contributed by atoms with van der Waals surface area (Å²) < 4.78 is 7.11. The van der Waals surface area contributed by atoms with E-state index in [0.29, 0.717) is 6.04 Å². The fraction of sp³-hybridized carbons (Fsp3) is 0.818. The third-order valence-electron chi connectivity index (χ3n) is 2.41. The summed E-state index contributed by atoms with van der Waals surface area (Å²) in [6, 6.07) is 0.424. The SMILES string of the molecule is CCNC(CCOCC)Cc1cn(C)nn1. The molecule has 0 saturated heterocycles. The Morgan fingerprint density at radius 2 is 2.31 bits per heavy atom. The highest BCUT2D eigenvalue weighted by atomic mass is 16.5. The summed E-state index contributed by atoms with van der Waals surface area (Å²) in [7, 11) is 1.89. The number of nitrogens with zero attached hydrogens (tertiary/aromatic N) is 3. The van der Waals surface area contributed by atoms with Gasteiger partial charge in [-0.15, -0.1) is 5.10 Å². The second-order valence-corrected chi connectivity index (χ2v) is 3.83. The van der Waals surface area contributed by atoms with Gasteiger partial charge in [-0.1, -0.05) is 12.1 Å². The molecule has 1 aromatic rings. The molecule has 0 bridgehead atoms. The van der Waals surface area contributed by atoms with Crippen molar-refractivity contribution < 1.29 is 4.74 Å². The average Bonchev–Trinajstić information content (AvgIpc) is 2.65. The second kappa shape index (κ2) is 7.35. The Balaban J connectivity index is 2.37. The molecule has 5 heteroatoms. The van der Waals surface area contributed by atoms with Crippen LogP contribution < -0.4 is 5.32 Å². The van der Waals surface area contributed by atoms with E-state index in [1.54, 1.807) is 4.68 Å². The lowest BCUT2D eigenvalue weighted by atomic mass is 10.1. The predicted molar refractivity (Wildman–Crippen MR) is 63.3 cm³/mol. The molecule has 92 valence electrons. The molecule has 1 rings (SSSR count). The quantitative estimate of drug-likeness (QED) is 0.665. The van der Waals surface area contributed by atoms with E-state index in [0.717, 1.165) is 38.3 Å². The van der Waals surface area contributed by atoms with Gasteiger partial charge in [0, 0.05) is 38.9 Å². The number of hydrogen-bond acceptors (Lipinski definition) is 4. The number of hydrogen-bond donors (Lipinski definition) is 1. The van der Waals surface area contributed by atoms with Crippen molar-refractivity contribution >= 4 is 0 Å². The van der Waals surface area contributed by atoms with Crippen molar-refractivity contribution in [1.29, 1.82) is 0 Å². The van der Waals surface area contributed by atoms with E-state index in [9.17, 15) is 0 Å². The maximum absolute atomic E-state index is 5.37. The van der Waals surface area contributed by atoms with Crippen molar-refractivity contribution in [2.75, 3.05) is 19.8 Å². The monoisotopic (exact) mass is 226 g/mol. The lowest BCUT2D eigenvalue weighted by Gasteiger charge is -2.16. The van der Waals surface area contributed by atoms with E-state index in [4.69, 9.17) is 4.74 Å². The first-order valence-corrected chi connectivity index (χ1v) is 5.92. The Kier molecular flexibility index (Phi) is 6.03. The molecule has 0 aliphatic carbocycles. The van der Waals surface area contributed by atoms with Gasteiger partial charge in [-0.25, -0.2) is 0 Å². The molecule has 0 fully saturated rings. The third kappa shape index (κ3) is 4.72. The molecule has 0 aliphatic rings. The van der Waals surface area contributed by atoms with Crippen molar-refractivity contribution in [3.8, 4) is 0 Å². The van der Waals surface area contributed by atoms with Gasteiger partial charge in [-0.05, 0) is 19.9 Å². The minimum Gasteiger partial charge on any atom is -0.382 e. The van der Waals surface area contributed by atoms with Crippen LogP contribution in [-0.4, -0.2) is 40.8 Å². The van der Waals surface area contributed by atoms with Gasteiger partial charge in [-0.2, -0.15) is 0 Å². The average molecular weight is 226 g/mol. The largest absolute Gasteiger partial charge is 0.382 e. The first-order chi connectivity index (χ1) is 7.76. The first-order valence-electron chi connectivity index (χ1n) is 5.92. The van der Waals surface area contributed by atoms with E-state index in [2.05, 4.69) is 22.6 Å². The standard InChI is InChI=1S/C11H22N4O/c1-4-12-10(6-7-16-5-2)8-11-9-15(3)14-13-11/h9-10,12H,4-8H2,1-3H3. The number of aryl methyl sites for hydroxylation is 1. The van der Waals surface area contributed by atoms with Crippen molar-refractivity contribution in [3.63, 3.8) is 0 Å². The van der Waals surface area contributed by atoms with Crippen molar-refractivity contribution in [2.24, 2.45) is 7.05 Å². The number of nitrogens with one attached hydrogen (secondary N) is 1. The number of aromatic nitrogens is 3. The van der Waals surface area contributed by atoms with Gasteiger partial charge < -0.3 is 10.1 Å². The van der Waals surface area contributed by atoms with E-state index in [1.165, 1.54) is 0 Å². The van der Waals surface area contributed by atoms with Crippen LogP contribution in [0, 0.1) is 0 Å². The molecule has 5 nitrogen and oxygen atoms in total. The van der Waals surface area contributed by atoms with Gasteiger partial charge in [0.2, 0.25) is 0 Å². The van der Waals surface area contributed by atoms with Crippen LogP contribution >= 0.6 is 0 Å². The van der Waals surface area contributed by atoms with Crippen LogP contribution in [0.5, 0.6) is 0 Å². The van der Waals surface area contributed by atoms with Crippen LogP contribution in [0.2, 0.25) is 0 Å². The van der Waals surface area contributed by atoms with Crippen LogP contribution in [0.3, 0.4) is 0 Å². The maximum atomic E-state index is 5.37. The Morgan fingerprint density at radius 3 is 2.88 bits per heavy atom. The highest BCUT2D eigenvalue weighted by Gasteiger charge is 2.10. The van der Waals surface area contributed by atoms with Crippen molar-refractivity contribution in [2.45, 2.75) is 32.7 Å². The van der Waals surface area contributed by atoms with Crippen LogP contribution in [0.1, 0.15) is 26.0 Å². The number of ether oxygens (including phenoxy) is 1. The molecule has 16 heavy (non-hydrogen) atoms. The molecular formula is C11H22N4O. The van der Waals surface area contributed by atoms with E-state index >= 15 is 0 Å². The third-order valence-corrected chi connectivity index (χ3v) is 2.41. The molecule has 1 N–H and O–H groups in total. The highest BCUT2D eigenvalue weighted by Crippen LogP contribution is 2.02. The van der Waals surface area contributed by atoms with E-state index in [-0.39, 0.29) is 0 Å². The first kappa shape index (κ1) is 13.1.